The predicted octanol–water partition coefficient (Wildman–Crippen LogP) is 18.0. The fourth-order valence-corrected chi connectivity index (χ4v) is 10.2. The predicted molar refractivity (Wildman–Crippen MR) is 298 cm³/mol. The summed E-state index contributed by atoms with van der Waals surface area (Å²) >= 11 is 0. The zero-order valence-electron chi connectivity index (χ0n) is 47.0. The number of amides is 1. The van der Waals surface area contributed by atoms with Gasteiger partial charge in [-0.15, -0.1) is 0 Å². The van der Waals surface area contributed by atoms with E-state index in [0.29, 0.717) is 23.9 Å². The number of aliphatic hydroxyl groups excluding tert-OH is 1. The summed E-state index contributed by atoms with van der Waals surface area (Å²) in [5.74, 6) is -0.161. The third-order valence-corrected chi connectivity index (χ3v) is 15.2. The topological polar surface area (TPSA) is 108 Å². The number of aliphatic hydroxyl groups is 1. The van der Waals surface area contributed by atoms with Gasteiger partial charge < -0.3 is 28.8 Å². The van der Waals surface area contributed by atoms with Crippen LogP contribution < -0.4 is 10.2 Å². The number of unbranched alkanes of at least 4 members (excludes halogenated alkanes) is 42. The number of nitrogens with one attached hydrogen (secondary N) is 1. The van der Waals surface area contributed by atoms with E-state index >= 15 is 0 Å². The molecule has 0 rings (SSSR count). The van der Waals surface area contributed by atoms with E-state index in [4.69, 9.17) is 9.05 Å². The summed E-state index contributed by atoms with van der Waals surface area (Å²) < 4.78 is 23.5. The van der Waals surface area contributed by atoms with Gasteiger partial charge in [-0.1, -0.05) is 283 Å². The van der Waals surface area contributed by atoms with Crippen molar-refractivity contribution in [3.63, 3.8) is 0 Å². The van der Waals surface area contributed by atoms with Crippen LogP contribution in [0.4, 0.5) is 0 Å². The second-order valence-electron chi connectivity index (χ2n) is 22.4. The van der Waals surface area contributed by atoms with Gasteiger partial charge in [0.1, 0.15) is 13.2 Å². The molecule has 3 atom stereocenters. The summed E-state index contributed by atoms with van der Waals surface area (Å²) in [5, 5.41) is 14.0. The number of nitrogens with zero attached hydrogens (tertiary/aromatic N) is 1. The molecule has 0 fully saturated rings. The molecule has 69 heavy (non-hydrogen) atoms. The number of quaternary nitrogens is 1. The molecule has 8 nitrogen and oxygen atoms in total. The summed E-state index contributed by atoms with van der Waals surface area (Å²) in [7, 11) is 1.32. The standard InChI is InChI=1S/C60H121N2O6P/c1-6-8-10-12-14-16-18-20-22-24-26-27-28-29-30-31-32-33-34-36-37-39-41-43-45-47-49-51-53-59(63)58(57-68-69(65,66)67-56-55-62(3,4)5)61-60(64)54-52-50-48-46-44-42-40-38-35-25-23-21-19-17-15-13-11-9-7-2/h21,23,58-59,63H,6-20,22,24-57H2,1-5H3,(H-,61,64,65,66)/b23-21-. The van der Waals surface area contributed by atoms with Crippen LogP contribution in [-0.4, -0.2) is 68.5 Å². The van der Waals surface area contributed by atoms with Crippen LogP contribution in [-0.2, 0) is 18.4 Å². The van der Waals surface area contributed by atoms with Crippen LogP contribution in [0.1, 0.15) is 316 Å². The van der Waals surface area contributed by atoms with Gasteiger partial charge in [-0.25, -0.2) is 0 Å². The summed E-state index contributed by atoms with van der Waals surface area (Å²) in [6, 6.07) is -0.800. The Balaban J connectivity index is 4.08. The Hall–Kier alpha value is -0.760. The molecule has 0 saturated heterocycles. The second kappa shape index (κ2) is 52.1. The van der Waals surface area contributed by atoms with Gasteiger partial charge in [0.25, 0.3) is 7.82 Å². The molecule has 2 N–H and O–H groups in total. The average molecular weight is 998 g/mol. The monoisotopic (exact) mass is 997 g/mol. The van der Waals surface area contributed by atoms with Gasteiger partial charge in [0.05, 0.1) is 39.9 Å². The summed E-state index contributed by atoms with van der Waals surface area (Å²) in [6.45, 7) is 4.77. The number of hydrogen-bond donors (Lipinski definition) is 2. The van der Waals surface area contributed by atoms with E-state index in [0.717, 1.165) is 38.5 Å². The molecular formula is C60H121N2O6P. The maximum absolute atomic E-state index is 13.0. The lowest BCUT2D eigenvalue weighted by molar-refractivity contribution is -0.870. The highest BCUT2D eigenvalue weighted by Crippen LogP contribution is 2.38. The first kappa shape index (κ1) is 68.2. The number of allylic oxidation sites excluding steroid dienone is 2. The zero-order valence-corrected chi connectivity index (χ0v) is 47.9. The Labute approximate surface area is 431 Å². The quantitative estimate of drug-likeness (QED) is 0.0272. The van der Waals surface area contributed by atoms with Crippen molar-refractivity contribution in [2.45, 2.75) is 328 Å². The Morgan fingerprint density at radius 1 is 0.493 bits per heavy atom. The SMILES string of the molecule is CCCCCCCC/C=C\CCCCCCCCCCCC(=O)NC(COP(=O)([O-])OCC[N+](C)(C)C)C(O)CCCCCCCCCCCCCCCCCCCCCCCCCCCCCC. The molecule has 0 bridgehead atoms. The number of phosphoric ester groups is 1. The first-order chi connectivity index (χ1) is 33.5. The maximum Gasteiger partial charge on any atom is 0.268 e. The third-order valence-electron chi connectivity index (χ3n) is 14.3. The number of carbonyl (C=O) groups excluding carboxylic acids is 1. The molecule has 9 heteroatoms. The van der Waals surface area contributed by atoms with E-state index in [1.54, 1.807) is 0 Å². The molecule has 0 heterocycles. The van der Waals surface area contributed by atoms with Crippen molar-refractivity contribution in [2.24, 2.45) is 0 Å². The molecule has 1 amide bonds. The van der Waals surface area contributed by atoms with Crippen molar-refractivity contribution in [1.29, 1.82) is 0 Å². The van der Waals surface area contributed by atoms with E-state index in [2.05, 4.69) is 31.3 Å². The molecular weight excluding hydrogens is 876 g/mol. The third kappa shape index (κ3) is 54.8. The molecule has 3 unspecified atom stereocenters. The van der Waals surface area contributed by atoms with E-state index < -0.39 is 20.0 Å². The number of phosphoric acid groups is 1. The van der Waals surface area contributed by atoms with Crippen molar-refractivity contribution in [3.8, 4) is 0 Å². The largest absolute Gasteiger partial charge is 0.756 e. The van der Waals surface area contributed by atoms with Gasteiger partial charge in [0, 0.05) is 6.42 Å². The van der Waals surface area contributed by atoms with E-state index in [9.17, 15) is 19.4 Å². The van der Waals surface area contributed by atoms with E-state index in [-0.39, 0.29) is 19.1 Å². The number of rotatable bonds is 57. The molecule has 412 valence electrons. The normalized spacial score (nSPS) is 13.9. The van der Waals surface area contributed by atoms with Crippen LogP contribution in [0.25, 0.3) is 0 Å². The van der Waals surface area contributed by atoms with Crippen LogP contribution in [0.3, 0.4) is 0 Å². The Morgan fingerprint density at radius 3 is 1.13 bits per heavy atom. The Bertz CT molecular complexity index is 1130. The molecule has 0 saturated carbocycles. The summed E-state index contributed by atoms with van der Waals surface area (Å²) in [4.78, 5) is 25.5. The van der Waals surface area contributed by atoms with E-state index in [1.807, 2.05) is 21.1 Å². The fourth-order valence-electron chi connectivity index (χ4n) is 9.45. The van der Waals surface area contributed by atoms with Crippen LogP contribution >= 0.6 is 7.82 Å². The maximum atomic E-state index is 13.0. The van der Waals surface area contributed by atoms with Crippen molar-refractivity contribution in [3.05, 3.63) is 12.2 Å². The number of carbonyl (C=O) groups is 1. The Kier molecular flexibility index (Phi) is 51.5. The first-order valence-corrected chi connectivity index (χ1v) is 32.0. The second-order valence-corrected chi connectivity index (χ2v) is 23.8. The lowest BCUT2D eigenvalue weighted by Gasteiger charge is -2.30. The van der Waals surface area contributed by atoms with Crippen LogP contribution in [0, 0.1) is 0 Å². The van der Waals surface area contributed by atoms with E-state index in [1.165, 1.54) is 250 Å². The van der Waals surface area contributed by atoms with Crippen molar-refractivity contribution in [2.75, 3.05) is 40.9 Å². The van der Waals surface area contributed by atoms with Crippen molar-refractivity contribution in [1.82, 2.24) is 5.32 Å². The molecule has 0 aliphatic rings. The minimum Gasteiger partial charge on any atom is -0.756 e. The van der Waals surface area contributed by atoms with Gasteiger partial charge in [0.2, 0.25) is 5.91 Å². The van der Waals surface area contributed by atoms with Crippen molar-refractivity contribution >= 4 is 13.7 Å². The number of likely N-dealkylation sites (N-methyl/N-ethyl adjacent to an activating group) is 1. The summed E-state index contributed by atoms with van der Waals surface area (Å²) in [6.07, 6.45) is 64.0. The molecule has 0 spiro atoms. The van der Waals surface area contributed by atoms with Gasteiger partial charge in [-0.2, -0.15) is 0 Å². The zero-order chi connectivity index (χ0) is 50.6. The van der Waals surface area contributed by atoms with Crippen LogP contribution in [0.5, 0.6) is 0 Å². The molecule has 0 radical (unpaired) electrons. The fraction of sp³-hybridized carbons (Fsp3) is 0.950. The van der Waals surface area contributed by atoms with Gasteiger partial charge >= 0.3 is 0 Å². The molecule has 0 aromatic carbocycles. The minimum absolute atomic E-state index is 0.0144. The lowest BCUT2D eigenvalue weighted by Crippen LogP contribution is -2.46. The van der Waals surface area contributed by atoms with Gasteiger partial charge in [-0.3, -0.25) is 9.36 Å². The van der Waals surface area contributed by atoms with Crippen molar-refractivity contribution < 1.29 is 32.9 Å². The average Bonchev–Trinajstić information content (AvgIpc) is 3.31. The molecule has 0 aliphatic carbocycles. The Morgan fingerprint density at radius 2 is 0.797 bits per heavy atom. The molecule has 0 aromatic rings. The van der Waals surface area contributed by atoms with Gasteiger partial charge in [-0.05, 0) is 38.5 Å². The lowest BCUT2D eigenvalue weighted by atomic mass is 10.0. The summed E-state index contributed by atoms with van der Waals surface area (Å²) in [5.41, 5.74) is 0. The molecule has 0 aliphatic heterocycles. The van der Waals surface area contributed by atoms with Crippen LogP contribution in [0.2, 0.25) is 0 Å². The highest BCUT2D eigenvalue weighted by atomic mass is 31.2. The smallest absolute Gasteiger partial charge is 0.268 e. The number of hydrogen-bond acceptors (Lipinski definition) is 6. The van der Waals surface area contributed by atoms with Crippen LogP contribution in [0.15, 0.2) is 12.2 Å². The van der Waals surface area contributed by atoms with Gasteiger partial charge in [0.15, 0.2) is 0 Å². The first-order valence-electron chi connectivity index (χ1n) is 30.5. The highest BCUT2D eigenvalue weighted by molar-refractivity contribution is 7.45. The minimum atomic E-state index is -4.57. The highest BCUT2D eigenvalue weighted by Gasteiger charge is 2.24. The molecule has 0 aromatic heterocycles.